The summed E-state index contributed by atoms with van der Waals surface area (Å²) < 4.78 is 5.94. The largest absolute Gasteiger partial charge is 0.376 e. The van der Waals surface area contributed by atoms with E-state index in [9.17, 15) is 0 Å². The van der Waals surface area contributed by atoms with Gasteiger partial charge in [-0.05, 0) is 50.4 Å². The number of hydrogen-bond donors (Lipinski definition) is 1. The Balaban J connectivity index is 2.10. The zero-order valence-corrected chi connectivity index (χ0v) is 13.7. The summed E-state index contributed by atoms with van der Waals surface area (Å²) in [6.07, 6.45) is 4.79. The number of nitrogens with one attached hydrogen (secondary N) is 1. The molecule has 21 heavy (non-hydrogen) atoms. The van der Waals surface area contributed by atoms with Crippen LogP contribution < -0.4 is 10.2 Å². The molecule has 118 valence electrons. The molecule has 1 fully saturated rings. The van der Waals surface area contributed by atoms with Crippen LogP contribution in [0.5, 0.6) is 0 Å². The van der Waals surface area contributed by atoms with Crippen LogP contribution in [0.3, 0.4) is 0 Å². The Hall–Kier alpha value is -1.13. The zero-order chi connectivity index (χ0) is 15.1. The van der Waals surface area contributed by atoms with E-state index in [1.54, 1.807) is 0 Å². The van der Waals surface area contributed by atoms with Gasteiger partial charge in [0.2, 0.25) is 0 Å². The van der Waals surface area contributed by atoms with Crippen molar-refractivity contribution < 1.29 is 4.74 Å². The minimum absolute atomic E-state index is 0.360. The first-order valence-corrected chi connectivity index (χ1v) is 8.27. The number of pyridine rings is 1. The molecular weight excluding hydrogens is 262 g/mol. The third kappa shape index (κ3) is 4.68. The van der Waals surface area contributed by atoms with Crippen molar-refractivity contribution in [3.05, 3.63) is 23.4 Å². The lowest BCUT2D eigenvalue weighted by atomic mass is 10.1. The Morgan fingerprint density at radius 3 is 2.95 bits per heavy atom. The summed E-state index contributed by atoms with van der Waals surface area (Å²) in [5, 5.41) is 3.23. The third-order valence-corrected chi connectivity index (χ3v) is 3.93. The highest BCUT2D eigenvalue weighted by molar-refractivity contribution is 5.43. The van der Waals surface area contributed by atoms with Crippen LogP contribution in [0.25, 0.3) is 0 Å². The van der Waals surface area contributed by atoms with E-state index < -0.39 is 0 Å². The normalized spacial score (nSPS) is 19.0. The van der Waals surface area contributed by atoms with Crippen LogP contribution in [0, 0.1) is 0 Å². The molecule has 1 atom stereocenters. The minimum atomic E-state index is 0.360. The van der Waals surface area contributed by atoms with Gasteiger partial charge in [0.1, 0.15) is 5.82 Å². The molecule has 1 aliphatic rings. The van der Waals surface area contributed by atoms with Gasteiger partial charge in [-0.2, -0.15) is 0 Å². The Labute approximate surface area is 128 Å². The first-order valence-electron chi connectivity index (χ1n) is 8.27. The van der Waals surface area contributed by atoms with E-state index in [0.717, 1.165) is 44.9 Å². The summed E-state index contributed by atoms with van der Waals surface area (Å²) in [6, 6.07) is 4.42. The molecule has 0 radical (unpaired) electrons. The quantitative estimate of drug-likeness (QED) is 0.838. The molecule has 0 bridgehead atoms. The van der Waals surface area contributed by atoms with Gasteiger partial charge in [-0.25, -0.2) is 4.98 Å². The second-order valence-corrected chi connectivity index (χ2v) is 5.79. The molecule has 2 heterocycles. The molecular formula is C17H29N3O. The maximum absolute atomic E-state index is 5.94. The number of nitrogens with zero attached hydrogens (tertiary/aromatic N) is 2. The molecule has 1 aliphatic heterocycles. The summed E-state index contributed by atoms with van der Waals surface area (Å²) in [7, 11) is 1.99. The van der Waals surface area contributed by atoms with Crippen molar-refractivity contribution in [1.82, 2.24) is 10.3 Å². The highest BCUT2D eigenvalue weighted by Crippen LogP contribution is 2.22. The fourth-order valence-corrected chi connectivity index (χ4v) is 2.85. The first kappa shape index (κ1) is 16.2. The highest BCUT2D eigenvalue weighted by atomic mass is 16.5. The van der Waals surface area contributed by atoms with Gasteiger partial charge in [-0.3, -0.25) is 0 Å². The van der Waals surface area contributed by atoms with E-state index in [0.29, 0.717) is 6.10 Å². The number of piperidine rings is 1. The van der Waals surface area contributed by atoms with Crippen LogP contribution in [0.1, 0.15) is 44.4 Å². The molecule has 0 aromatic carbocycles. The molecule has 0 amide bonds. The lowest BCUT2D eigenvalue weighted by Crippen LogP contribution is -2.40. The summed E-state index contributed by atoms with van der Waals surface area (Å²) in [5.41, 5.74) is 2.49. The summed E-state index contributed by atoms with van der Waals surface area (Å²) in [6.45, 7) is 8.15. The monoisotopic (exact) mass is 291 g/mol. The number of anilines is 1. The first-order chi connectivity index (χ1) is 10.3. The van der Waals surface area contributed by atoms with Crippen molar-refractivity contribution in [1.29, 1.82) is 0 Å². The highest BCUT2D eigenvalue weighted by Gasteiger charge is 2.21. The Morgan fingerprint density at radius 2 is 2.24 bits per heavy atom. The zero-order valence-electron chi connectivity index (χ0n) is 13.7. The maximum atomic E-state index is 5.94. The molecule has 2 rings (SSSR count). The van der Waals surface area contributed by atoms with Gasteiger partial charge in [-0.15, -0.1) is 0 Å². The number of hydrogen-bond acceptors (Lipinski definition) is 4. The molecule has 1 aromatic heterocycles. The average molecular weight is 291 g/mol. The molecule has 4 heteroatoms. The van der Waals surface area contributed by atoms with Gasteiger partial charge in [0.05, 0.1) is 6.10 Å². The van der Waals surface area contributed by atoms with Crippen LogP contribution in [0.4, 0.5) is 5.82 Å². The van der Waals surface area contributed by atoms with Crippen molar-refractivity contribution >= 4 is 5.82 Å². The Kier molecular flexibility index (Phi) is 6.46. The number of aromatic nitrogens is 1. The van der Waals surface area contributed by atoms with Gasteiger partial charge in [0, 0.05) is 31.9 Å². The summed E-state index contributed by atoms with van der Waals surface area (Å²) in [5.74, 6) is 1.12. The van der Waals surface area contributed by atoms with Gasteiger partial charge in [0.25, 0.3) is 0 Å². The van der Waals surface area contributed by atoms with E-state index in [-0.39, 0.29) is 0 Å². The second-order valence-electron chi connectivity index (χ2n) is 5.79. The van der Waals surface area contributed by atoms with E-state index in [2.05, 4.69) is 36.2 Å². The van der Waals surface area contributed by atoms with Crippen molar-refractivity contribution in [2.45, 2.75) is 52.2 Å². The maximum Gasteiger partial charge on any atom is 0.129 e. The number of rotatable bonds is 7. The van der Waals surface area contributed by atoms with Crippen LogP contribution in [0.2, 0.25) is 0 Å². The van der Waals surface area contributed by atoms with E-state index in [1.165, 1.54) is 24.1 Å². The molecule has 0 spiro atoms. The molecule has 0 aliphatic carbocycles. The average Bonchev–Trinajstić information content (AvgIpc) is 2.53. The van der Waals surface area contributed by atoms with Crippen molar-refractivity contribution in [3.63, 3.8) is 0 Å². The lowest BCUT2D eigenvalue weighted by Gasteiger charge is -2.34. The number of ether oxygens (including phenoxy) is 1. The third-order valence-electron chi connectivity index (χ3n) is 3.93. The van der Waals surface area contributed by atoms with E-state index in [4.69, 9.17) is 9.72 Å². The Bertz CT molecular complexity index is 436. The fraction of sp³-hybridized carbons (Fsp3) is 0.706. The Morgan fingerprint density at radius 1 is 1.38 bits per heavy atom. The minimum Gasteiger partial charge on any atom is -0.376 e. The van der Waals surface area contributed by atoms with E-state index in [1.807, 2.05) is 7.05 Å². The SMILES string of the molecule is CCCOC1CCCN(c2cc(CNC)cc(CC)n2)C1. The van der Waals surface area contributed by atoms with Crippen molar-refractivity contribution in [3.8, 4) is 0 Å². The summed E-state index contributed by atoms with van der Waals surface area (Å²) >= 11 is 0. The molecule has 1 unspecified atom stereocenters. The fourth-order valence-electron chi connectivity index (χ4n) is 2.85. The second kappa shape index (κ2) is 8.35. The standard InChI is InChI=1S/C17H29N3O/c1-4-9-21-16-7-6-8-20(13-16)17-11-14(12-18-3)10-15(5-2)19-17/h10-11,16,18H,4-9,12-13H2,1-3H3. The molecule has 4 nitrogen and oxygen atoms in total. The van der Waals surface area contributed by atoms with Crippen molar-refractivity contribution in [2.75, 3.05) is 31.6 Å². The molecule has 1 saturated heterocycles. The van der Waals surface area contributed by atoms with E-state index >= 15 is 0 Å². The van der Waals surface area contributed by atoms with Gasteiger partial charge in [0.15, 0.2) is 0 Å². The van der Waals surface area contributed by atoms with Crippen LogP contribution in [0.15, 0.2) is 12.1 Å². The molecule has 1 N–H and O–H groups in total. The van der Waals surface area contributed by atoms with Gasteiger partial charge in [-0.1, -0.05) is 13.8 Å². The smallest absolute Gasteiger partial charge is 0.129 e. The lowest BCUT2D eigenvalue weighted by molar-refractivity contribution is 0.0439. The van der Waals surface area contributed by atoms with Gasteiger partial charge >= 0.3 is 0 Å². The molecule has 1 aromatic rings. The van der Waals surface area contributed by atoms with Gasteiger partial charge < -0.3 is 15.0 Å². The van der Waals surface area contributed by atoms with Crippen LogP contribution >= 0.6 is 0 Å². The van der Waals surface area contributed by atoms with Crippen molar-refractivity contribution in [2.24, 2.45) is 0 Å². The predicted octanol–water partition coefficient (Wildman–Crippen LogP) is 2.76. The molecule has 0 saturated carbocycles. The topological polar surface area (TPSA) is 37.4 Å². The van der Waals surface area contributed by atoms with Crippen LogP contribution in [-0.2, 0) is 17.7 Å². The summed E-state index contributed by atoms with van der Waals surface area (Å²) in [4.78, 5) is 7.21. The van der Waals surface area contributed by atoms with Crippen LogP contribution in [-0.4, -0.2) is 37.8 Å². The number of aryl methyl sites for hydroxylation is 1. The predicted molar refractivity (Wildman–Crippen MR) is 87.9 cm³/mol.